The molecule has 0 amide bonds. The molecule has 0 saturated carbocycles. The van der Waals surface area contributed by atoms with E-state index in [4.69, 9.17) is 4.42 Å². The summed E-state index contributed by atoms with van der Waals surface area (Å²) >= 11 is 0. The van der Waals surface area contributed by atoms with Crippen LogP contribution in [0.3, 0.4) is 0 Å². The van der Waals surface area contributed by atoms with E-state index in [1.54, 1.807) is 6.20 Å². The zero-order valence-electron chi connectivity index (χ0n) is 8.08. The van der Waals surface area contributed by atoms with Crippen LogP contribution in [-0.2, 0) is 13.1 Å². The van der Waals surface area contributed by atoms with E-state index < -0.39 is 0 Å². The van der Waals surface area contributed by atoms with Crippen molar-refractivity contribution in [3.63, 3.8) is 0 Å². The Bertz CT molecular complexity index is 378. The molecule has 0 aliphatic carbocycles. The molecule has 14 heavy (non-hydrogen) atoms. The highest BCUT2D eigenvalue weighted by Gasteiger charge is 1.99. The lowest BCUT2D eigenvalue weighted by atomic mass is 10.3. The molecule has 2 aromatic heterocycles. The van der Waals surface area contributed by atoms with E-state index in [2.05, 4.69) is 15.3 Å². The zero-order chi connectivity index (χ0) is 9.80. The molecule has 2 heterocycles. The Kier molecular flexibility index (Phi) is 2.65. The van der Waals surface area contributed by atoms with Crippen molar-refractivity contribution in [1.29, 1.82) is 0 Å². The third-order valence-corrected chi connectivity index (χ3v) is 1.94. The molecule has 0 fully saturated rings. The standard InChI is InChI=1S/C10H13N3O/c1-8-4-13-10(14-8)7-12-6-9-2-3-11-5-9/h2-5,11-12H,6-7H2,1H3. The molecule has 2 N–H and O–H groups in total. The fraction of sp³-hybridized carbons (Fsp3) is 0.300. The van der Waals surface area contributed by atoms with E-state index in [1.807, 2.05) is 25.4 Å². The Hall–Kier alpha value is -1.55. The summed E-state index contributed by atoms with van der Waals surface area (Å²) in [5, 5.41) is 3.24. The zero-order valence-corrected chi connectivity index (χ0v) is 8.08. The number of aromatic amines is 1. The predicted molar refractivity (Wildman–Crippen MR) is 52.6 cm³/mol. The fourth-order valence-corrected chi connectivity index (χ4v) is 1.27. The average molecular weight is 191 g/mol. The van der Waals surface area contributed by atoms with Crippen molar-refractivity contribution in [3.05, 3.63) is 41.9 Å². The van der Waals surface area contributed by atoms with Crippen molar-refractivity contribution in [1.82, 2.24) is 15.3 Å². The van der Waals surface area contributed by atoms with Crippen molar-refractivity contribution in [3.8, 4) is 0 Å². The maximum absolute atomic E-state index is 5.32. The minimum absolute atomic E-state index is 0.666. The van der Waals surface area contributed by atoms with E-state index in [-0.39, 0.29) is 0 Å². The highest BCUT2D eigenvalue weighted by atomic mass is 16.4. The molecular formula is C10H13N3O. The number of oxazole rings is 1. The molecule has 2 rings (SSSR count). The van der Waals surface area contributed by atoms with Gasteiger partial charge in [-0.2, -0.15) is 0 Å². The molecule has 0 aliphatic rings. The molecule has 0 radical (unpaired) electrons. The van der Waals surface area contributed by atoms with Gasteiger partial charge < -0.3 is 14.7 Å². The molecular weight excluding hydrogens is 178 g/mol. The van der Waals surface area contributed by atoms with Crippen molar-refractivity contribution in [2.75, 3.05) is 0 Å². The molecule has 0 aliphatic heterocycles. The van der Waals surface area contributed by atoms with Gasteiger partial charge in [0.2, 0.25) is 5.89 Å². The second kappa shape index (κ2) is 4.11. The number of aryl methyl sites for hydroxylation is 1. The summed E-state index contributed by atoms with van der Waals surface area (Å²) in [5.74, 6) is 1.58. The first-order valence-electron chi connectivity index (χ1n) is 4.58. The van der Waals surface area contributed by atoms with Gasteiger partial charge in [-0.15, -0.1) is 0 Å². The van der Waals surface area contributed by atoms with E-state index in [1.165, 1.54) is 5.56 Å². The number of hydrogen-bond donors (Lipinski definition) is 2. The Morgan fingerprint density at radius 2 is 2.43 bits per heavy atom. The Balaban J connectivity index is 1.78. The highest BCUT2D eigenvalue weighted by Crippen LogP contribution is 2.01. The first kappa shape index (κ1) is 9.02. The molecule has 4 nitrogen and oxygen atoms in total. The molecule has 0 atom stereocenters. The van der Waals surface area contributed by atoms with Crippen molar-refractivity contribution >= 4 is 0 Å². The van der Waals surface area contributed by atoms with E-state index in [0.717, 1.165) is 18.2 Å². The van der Waals surface area contributed by atoms with Gasteiger partial charge in [0, 0.05) is 18.9 Å². The summed E-state index contributed by atoms with van der Waals surface area (Å²) in [6, 6.07) is 2.04. The number of aromatic nitrogens is 2. The first-order valence-corrected chi connectivity index (χ1v) is 4.58. The van der Waals surface area contributed by atoms with Gasteiger partial charge in [0.15, 0.2) is 0 Å². The van der Waals surface area contributed by atoms with Gasteiger partial charge in [0.05, 0.1) is 12.7 Å². The summed E-state index contributed by atoms with van der Waals surface area (Å²) < 4.78 is 5.32. The van der Waals surface area contributed by atoms with Crippen molar-refractivity contribution in [2.45, 2.75) is 20.0 Å². The normalized spacial score (nSPS) is 10.6. The van der Waals surface area contributed by atoms with Gasteiger partial charge in [-0.25, -0.2) is 4.98 Å². The summed E-state index contributed by atoms with van der Waals surface area (Å²) in [6.45, 7) is 3.38. The van der Waals surface area contributed by atoms with Crippen LogP contribution in [0.15, 0.2) is 29.1 Å². The van der Waals surface area contributed by atoms with Crippen molar-refractivity contribution in [2.24, 2.45) is 0 Å². The van der Waals surface area contributed by atoms with E-state index in [9.17, 15) is 0 Å². The summed E-state index contributed by atoms with van der Waals surface area (Å²) in [5.41, 5.74) is 1.23. The lowest BCUT2D eigenvalue weighted by Gasteiger charge is -1.98. The first-order chi connectivity index (χ1) is 6.84. The van der Waals surface area contributed by atoms with Crippen LogP contribution in [0.2, 0.25) is 0 Å². The van der Waals surface area contributed by atoms with Gasteiger partial charge in [0.25, 0.3) is 0 Å². The number of rotatable bonds is 4. The number of H-pyrrole nitrogens is 1. The lowest BCUT2D eigenvalue weighted by molar-refractivity contribution is 0.449. The minimum Gasteiger partial charge on any atom is -0.445 e. The predicted octanol–water partition coefficient (Wildman–Crippen LogP) is 1.60. The van der Waals surface area contributed by atoms with E-state index >= 15 is 0 Å². The van der Waals surface area contributed by atoms with Crippen LogP contribution in [0, 0.1) is 6.92 Å². The fourth-order valence-electron chi connectivity index (χ4n) is 1.27. The van der Waals surface area contributed by atoms with Gasteiger partial charge in [0.1, 0.15) is 5.76 Å². The molecule has 2 aromatic rings. The Labute approximate surface area is 82.4 Å². The lowest BCUT2D eigenvalue weighted by Crippen LogP contribution is -2.12. The maximum atomic E-state index is 5.32. The quantitative estimate of drug-likeness (QED) is 0.771. The molecule has 0 aromatic carbocycles. The van der Waals surface area contributed by atoms with Crippen LogP contribution in [-0.4, -0.2) is 9.97 Å². The van der Waals surface area contributed by atoms with Crippen molar-refractivity contribution < 1.29 is 4.42 Å². The minimum atomic E-state index is 0.666. The van der Waals surface area contributed by atoms with Crippen LogP contribution in [0.1, 0.15) is 17.2 Å². The van der Waals surface area contributed by atoms with Gasteiger partial charge in [-0.05, 0) is 18.6 Å². The van der Waals surface area contributed by atoms with Crippen LogP contribution >= 0.6 is 0 Å². The second-order valence-corrected chi connectivity index (χ2v) is 3.19. The molecule has 74 valence electrons. The van der Waals surface area contributed by atoms with E-state index in [0.29, 0.717) is 6.54 Å². The van der Waals surface area contributed by atoms with Crippen LogP contribution < -0.4 is 5.32 Å². The average Bonchev–Trinajstić information content (AvgIpc) is 2.77. The third kappa shape index (κ3) is 2.23. The second-order valence-electron chi connectivity index (χ2n) is 3.19. The maximum Gasteiger partial charge on any atom is 0.208 e. The summed E-state index contributed by atoms with van der Waals surface area (Å²) in [7, 11) is 0. The molecule has 0 unspecified atom stereocenters. The molecule has 0 saturated heterocycles. The van der Waals surface area contributed by atoms with Crippen LogP contribution in [0.25, 0.3) is 0 Å². The number of nitrogens with one attached hydrogen (secondary N) is 2. The molecule has 0 spiro atoms. The summed E-state index contributed by atoms with van der Waals surface area (Å²) in [4.78, 5) is 7.10. The van der Waals surface area contributed by atoms with Crippen LogP contribution in [0.4, 0.5) is 0 Å². The monoisotopic (exact) mass is 191 g/mol. The highest BCUT2D eigenvalue weighted by molar-refractivity contribution is 5.07. The summed E-state index contributed by atoms with van der Waals surface area (Å²) in [6.07, 6.45) is 5.60. The Morgan fingerprint density at radius 1 is 1.50 bits per heavy atom. The smallest absolute Gasteiger partial charge is 0.208 e. The van der Waals surface area contributed by atoms with Crippen LogP contribution in [0.5, 0.6) is 0 Å². The molecule has 0 bridgehead atoms. The topological polar surface area (TPSA) is 53.9 Å². The SMILES string of the molecule is Cc1cnc(CNCc2cc[nH]c2)o1. The third-order valence-electron chi connectivity index (χ3n) is 1.94. The molecule has 4 heteroatoms. The van der Waals surface area contributed by atoms with Gasteiger partial charge in [-0.3, -0.25) is 0 Å². The van der Waals surface area contributed by atoms with Gasteiger partial charge >= 0.3 is 0 Å². The number of hydrogen-bond acceptors (Lipinski definition) is 3. The van der Waals surface area contributed by atoms with Gasteiger partial charge in [-0.1, -0.05) is 0 Å². The Morgan fingerprint density at radius 3 is 3.07 bits per heavy atom. The number of nitrogens with zero attached hydrogens (tertiary/aromatic N) is 1. The largest absolute Gasteiger partial charge is 0.445 e.